The molecule has 0 saturated carbocycles. The molecule has 5 nitrogen and oxygen atoms in total. The molecule has 0 radical (unpaired) electrons. The summed E-state index contributed by atoms with van der Waals surface area (Å²) in [5.41, 5.74) is 0.936. The number of hydrogen-bond acceptors (Lipinski definition) is 4. The largest absolute Gasteiger partial charge is 0.395 e. The van der Waals surface area contributed by atoms with E-state index in [0.29, 0.717) is 13.1 Å². The fourth-order valence-electron chi connectivity index (χ4n) is 1.45. The number of benzene rings is 1. The second-order valence-corrected chi connectivity index (χ2v) is 4.51. The maximum Gasteiger partial charge on any atom is 0.270 e. The van der Waals surface area contributed by atoms with E-state index < -0.39 is 4.92 Å². The van der Waals surface area contributed by atoms with Gasteiger partial charge in [0.25, 0.3) is 5.69 Å². The van der Waals surface area contributed by atoms with Crippen LogP contribution in [0.2, 0.25) is 0 Å². The molecular formula is C11H13IN2O3. The molecule has 0 spiro atoms. The maximum absolute atomic E-state index is 10.6. The van der Waals surface area contributed by atoms with Crippen molar-refractivity contribution in [3.63, 3.8) is 0 Å². The average molecular weight is 348 g/mol. The van der Waals surface area contributed by atoms with Gasteiger partial charge in [-0.2, -0.15) is 0 Å². The summed E-state index contributed by atoms with van der Waals surface area (Å²) in [5.74, 6) is 0. The van der Waals surface area contributed by atoms with Gasteiger partial charge in [-0.15, -0.1) is 6.58 Å². The molecule has 1 rings (SSSR count). The number of nitro benzene ring substituents is 1. The van der Waals surface area contributed by atoms with Crippen LogP contribution in [0.5, 0.6) is 0 Å². The summed E-state index contributed by atoms with van der Waals surface area (Å²) in [7, 11) is 0. The van der Waals surface area contributed by atoms with Gasteiger partial charge in [0.15, 0.2) is 0 Å². The van der Waals surface area contributed by atoms with E-state index in [1.165, 1.54) is 12.1 Å². The first-order chi connectivity index (χ1) is 8.10. The molecule has 0 aliphatic rings. The Morgan fingerprint density at radius 2 is 2.29 bits per heavy atom. The molecule has 6 heteroatoms. The Hall–Kier alpha value is -1.15. The van der Waals surface area contributed by atoms with E-state index in [9.17, 15) is 10.1 Å². The van der Waals surface area contributed by atoms with Crippen LogP contribution in [0.15, 0.2) is 30.9 Å². The average Bonchev–Trinajstić information content (AvgIpc) is 2.28. The topological polar surface area (TPSA) is 66.6 Å². The minimum absolute atomic E-state index is 0.0287. The highest BCUT2D eigenvalue weighted by Gasteiger charge is 2.13. The zero-order chi connectivity index (χ0) is 12.8. The Kier molecular flexibility index (Phi) is 5.36. The van der Waals surface area contributed by atoms with Gasteiger partial charge in [-0.3, -0.25) is 10.1 Å². The van der Waals surface area contributed by atoms with E-state index in [1.807, 2.05) is 4.90 Å². The third kappa shape index (κ3) is 3.67. The molecular weight excluding hydrogens is 335 g/mol. The lowest BCUT2D eigenvalue weighted by Crippen LogP contribution is -2.27. The van der Waals surface area contributed by atoms with Crippen molar-refractivity contribution in [2.75, 3.05) is 24.6 Å². The number of anilines is 1. The van der Waals surface area contributed by atoms with E-state index in [2.05, 4.69) is 29.2 Å². The molecule has 0 bridgehead atoms. The third-order valence-corrected chi connectivity index (χ3v) is 3.07. The molecule has 1 N–H and O–H groups in total. The van der Waals surface area contributed by atoms with Gasteiger partial charge >= 0.3 is 0 Å². The van der Waals surface area contributed by atoms with Gasteiger partial charge in [0, 0.05) is 28.8 Å². The Morgan fingerprint density at radius 3 is 2.76 bits per heavy atom. The summed E-state index contributed by atoms with van der Waals surface area (Å²) >= 11 is 2.05. The molecule has 1 aromatic carbocycles. The van der Waals surface area contributed by atoms with Gasteiger partial charge in [-0.25, -0.2) is 0 Å². The zero-order valence-electron chi connectivity index (χ0n) is 9.17. The molecule has 0 aliphatic carbocycles. The smallest absolute Gasteiger partial charge is 0.270 e. The summed E-state index contributed by atoms with van der Waals surface area (Å²) in [4.78, 5) is 12.1. The van der Waals surface area contributed by atoms with Crippen molar-refractivity contribution in [2.24, 2.45) is 0 Å². The van der Waals surface area contributed by atoms with Crippen LogP contribution >= 0.6 is 22.6 Å². The molecule has 17 heavy (non-hydrogen) atoms. The number of nitrogens with zero attached hydrogens (tertiary/aromatic N) is 2. The van der Waals surface area contributed by atoms with Crippen LogP contribution in [-0.4, -0.2) is 29.7 Å². The quantitative estimate of drug-likeness (QED) is 0.370. The zero-order valence-corrected chi connectivity index (χ0v) is 11.3. The third-order valence-electron chi connectivity index (χ3n) is 2.20. The lowest BCUT2D eigenvalue weighted by Gasteiger charge is -2.23. The minimum Gasteiger partial charge on any atom is -0.395 e. The monoisotopic (exact) mass is 348 g/mol. The number of rotatable bonds is 6. The highest BCUT2D eigenvalue weighted by molar-refractivity contribution is 14.1. The van der Waals surface area contributed by atoms with Crippen LogP contribution in [0, 0.1) is 13.7 Å². The molecule has 0 atom stereocenters. The molecule has 92 valence electrons. The summed E-state index contributed by atoms with van der Waals surface area (Å²) in [5, 5.41) is 19.6. The van der Waals surface area contributed by atoms with Crippen LogP contribution in [-0.2, 0) is 0 Å². The Balaban J connectivity index is 3.03. The van der Waals surface area contributed by atoms with Gasteiger partial charge in [-0.1, -0.05) is 6.08 Å². The van der Waals surface area contributed by atoms with E-state index in [4.69, 9.17) is 5.11 Å². The first kappa shape index (κ1) is 13.9. The molecule has 0 unspecified atom stereocenters. The normalized spacial score (nSPS) is 10.0. The molecule has 1 aromatic rings. The highest BCUT2D eigenvalue weighted by atomic mass is 127. The number of hydrogen-bond donors (Lipinski definition) is 1. The van der Waals surface area contributed by atoms with Gasteiger partial charge in [0.05, 0.1) is 17.2 Å². The van der Waals surface area contributed by atoms with Crippen LogP contribution in [0.3, 0.4) is 0 Å². The summed E-state index contributed by atoms with van der Waals surface area (Å²) in [6, 6.07) is 4.67. The fourth-order valence-corrected chi connectivity index (χ4v) is 2.29. The number of nitro groups is 1. The second kappa shape index (κ2) is 6.55. The molecule has 0 aromatic heterocycles. The maximum atomic E-state index is 10.6. The van der Waals surface area contributed by atoms with Crippen molar-refractivity contribution in [3.8, 4) is 0 Å². The number of aliphatic hydroxyl groups is 1. The summed E-state index contributed by atoms with van der Waals surface area (Å²) in [6.07, 6.45) is 1.73. The van der Waals surface area contributed by atoms with Crippen LogP contribution in [0.1, 0.15) is 0 Å². The summed E-state index contributed by atoms with van der Waals surface area (Å²) in [6.45, 7) is 4.74. The van der Waals surface area contributed by atoms with Gasteiger partial charge in [0.2, 0.25) is 0 Å². The van der Waals surface area contributed by atoms with Crippen LogP contribution in [0.25, 0.3) is 0 Å². The lowest BCUT2D eigenvalue weighted by atomic mass is 10.2. The standard InChI is InChI=1S/C11H13IN2O3/c1-2-5-13(6-7-15)11-4-3-9(14(16)17)8-10(11)12/h2-4,8,15H,1,5-7H2. The van der Waals surface area contributed by atoms with Crippen molar-refractivity contribution >= 4 is 34.0 Å². The van der Waals surface area contributed by atoms with Crippen molar-refractivity contribution in [3.05, 3.63) is 44.5 Å². The van der Waals surface area contributed by atoms with Gasteiger partial charge in [-0.05, 0) is 28.7 Å². The highest BCUT2D eigenvalue weighted by Crippen LogP contribution is 2.26. The molecule has 0 heterocycles. The van der Waals surface area contributed by atoms with Gasteiger partial charge < -0.3 is 10.0 Å². The SMILES string of the molecule is C=CCN(CCO)c1ccc([N+](=O)[O-])cc1I. The Labute approximate surface area is 113 Å². The Bertz CT molecular complexity index is 423. The van der Waals surface area contributed by atoms with E-state index in [-0.39, 0.29) is 12.3 Å². The van der Waals surface area contributed by atoms with E-state index in [0.717, 1.165) is 9.26 Å². The first-order valence-electron chi connectivity index (χ1n) is 5.00. The molecule has 0 saturated heterocycles. The number of aliphatic hydroxyl groups excluding tert-OH is 1. The van der Waals surface area contributed by atoms with Crippen molar-refractivity contribution < 1.29 is 10.0 Å². The van der Waals surface area contributed by atoms with Gasteiger partial charge in [0.1, 0.15) is 0 Å². The van der Waals surface area contributed by atoms with Crippen molar-refractivity contribution in [1.82, 2.24) is 0 Å². The Morgan fingerprint density at radius 1 is 1.59 bits per heavy atom. The van der Waals surface area contributed by atoms with Crippen LogP contribution < -0.4 is 4.90 Å². The molecule has 0 aliphatic heterocycles. The predicted octanol–water partition coefficient (Wildman–Crippen LogP) is 2.18. The van der Waals surface area contributed by atoms with Crippen LogP contribution in [0.4, 0.5) is 11.4 Å². The first-order valence-corrected chi connectivity index (χ1v) is 6.08. The van der Waals surface area contributed by atoms with Crippen molar-refractivity contribution in [1.29, 1.82) is 0 Å². The predicted molar refractivity (Wildman–Crippen MR) is 75.3 cm³/mol. The lowest BCUT2D eigenvalue weighted by molar-refractivity contribution is -0.384. The summed E-state index contributed by atoms with van der Waals surface area (Å²) < 4.78 is 0.784. The van der Waals surface area contributed by atoms with E-state index in [1.54, 1.807) is 12.1 Å². The molecule has 0 fully saturated rings. The minimum atomic E-state index is -0.421. The van der Waals surface area contributed by atoms with E-state index >= 15 is 0 Å². The molecule has 0 amide bonds. The van der Waals surface area contributed by atoms with Crippen molar-refractivity contribution in [2.45, 2.75) is 0 Å². The number of non-ortho nitro benzene ring substituents is 1. The fraction of sp³-hybridized carbons (Fsp3) is 0.273. The number of halogens is 1. The second-order valence-electron chi connectivity index (χ2n) is 3.35.